The molecule has 2 amide bonds. The molecule has 152 valence electrons. The Hall–Kier alpha value is -1.88. The van der Waals surface area contributed by atoms with Gasteiger partial charge in [0, 0.05) is 19.6 Å². The molecular formula is C23H33N3O2. The SMILES string of the molecule is CC1(C(=O)N2CCCC(CNC(=O)C3CCCN3)C2)CCc2ccccc2C1. The lowest BCUT2D eigenvalue weighted by Crippen LogP contribution is -2.51. The molecule has 2 saturated heterocycles. The third-order valence-corrected chi connectivity index (χ3v) is 6.91. The minimum atomic E-state index is -0.298. The molecule has 5 heteroatoms. The maximum atomic E-state index is 13.4. The van der Waals surface area contributed by atoms with Crippen molar-refractivity contribution in [2.45, 2.75) is 57.9 Å². The minimum Gasteiger partial charge on any atom is -0.354 e. The van der Waals surface area contributed by atoms with E-state index in [1.165, 1.54) is 11.1 Å². The smallest absolute Gasteiger partial charge is 0.237 e. The van der Waals surface area contributed by atoms with E-state index in [-0.39, 0.29) is 17.4 Å². The van der Waals surface area contributed by atoms with Crippen molar-refractivity contribution in [1.29, 1.82) is 0 Å². The summed E-state index contributed by atoms with van der Waals surface area (Å²) >= 11 is 0. The van der Waals surface area contributed by atoms with Crippen LogP contribution in [0.25, 0.3) is 0 Å². The molecular weight excluding hydrogens is 350 g/mol. The normalized spacial score (nSPS) is 30.0. The number of benzene rings is 1. The van der Waals surface area contributed by atoms with Crippen molar-refractivity contribution < 1.29 is 9.59 Å². The highest BCUT2D eigenvalue weighted by molar-refractivity contribution is 5.83. The summed E-state index contributed by atoms with van der Waals surface area (Å²) < 4.78 is 0. The maximum Gasteiger partial charge on any atom is 0.237 e. The Morgan fingerprint density at radius 1 is 1.21 bits per heavy atom. The summed E-state index contributed by atoms with van der Waals surface area (Å²) in [6.07, 6.45) is 6.87. The monoisotopic (exact) mass is 383 g/mol. The van der Waals surface area contributed by atoms with Crippen molar-refractivity contribution in [1.82, 2.24) is 15.5 Å². The van der Waals surface area contributed by atoms with Gasteiger partial charge < -0.3 is 15.5 Å². The van der Waals surface area contributed by atoms with Crippen molar-refractivity contribution in [3.8, 4) is 0 Å². The van der Waals surface area contributed by atoms with Crippen LogP contribution in [-0.2, 0) is 22.4 Å². The standard InChI is InChI=1S/C23H33N3O2/c1-23(11-10-18-7-2-3-8-19(18)14-23)22(28)26-13-5-6-17(16-26)15-25-21(27)20-9-4-12-24-20/h2-3,7-8,17,20,24H,4-6,9-16H2,1H3,(H,25,27). The quantitative estimate of drug-likeness (QED) is 0.839. The molecule has 0 saturated carbocycles. The fourth-order valence-corrected chi connectivity index (χ4v) is 5.15. The molecule has 4 rings (SSSR count). The van der Waals surface area contributed by atoms with Gasteiger partial charge in [-0.05, 0) is 68.5 Å². The predicted octanol–water partition coefficient (Wildman–Crippen LogP) is 2.29. The fourth-order valence-electron chi connectivity index (χ4n) is 5.15. The largest absolute Gasteiger partial charge is 0.354 e. The van der Waals surface area contributed by atoms with Crippen LogP contribution >= 0.6 is 0 Å². The Labute approximate surface area is 168 Å². The van der Waals surface area contributed by atoms with Gasteiger partial charge in [0.2, 0.25) is 11.8 Å². The van der Waals surface area contributed by atoms with Crippen molar-refractivity contribution in [3.05, 3.63) is 35.4 Å². The van der Waals surface area contributed by atoms with Gasteiger partial charge in [-0.1, -0.05) is 31.2 Å². The maximum absolute atomic E-state index is 13.4. The summed E-state index contributed by atoms with van der Waals surface area (Å²) in [4.78, 5) is 27.7. The first kappa shape index (κ1) is 19.4. The van der Waals surface area contributed by atoms with E-state index in [4.69, 9.17) is 0 Å². The number of rotatable bonds is 4. The van der Waals surface area contributed by atoms with E-state index in [9.17, 15) is 9.59 Å². The zero-order valence-corrected chi connectivity index (χ0v) is 17.0. The molecule has 1 aromatic rings. The van der Waals surface area contributed by atoms with E-state index in [0.717, 1.165) is 64.6 Å². The summed E-state index contributed by atoms with van der Waals surface area (Å²) in [5, 5.41) is 6.37. The van der Waals surface area contributed by atoms with Crippen LogP contribution in [0.2, 0.25) is 0 Å². The molecule has 28 heavy (non-hydrogen) atoms. The van der Waals surface area contributed by atoms with Gasteiger partial charge in [-0.15, -0.1) is 0 Å². The van der Waals surface area contributed by atoms with Crippen molar-refractivity contribution >= 4 is 11.8 Å². The van der Waals surface area contributed by atoms with Crippen LogP contribution < -0.4 is 10.6 Å². The van der Waals surface area contributed by atoms with Gasteiger partial charge in [-0.25, -0.2) is 0 Å². The first-order valence-electron chi connectivity index (χ1n) is 10.9. The molecule has 0 spiro atoms. The predicted molar refractivity (Wildman–Crippen MR) is 110 cm³/mol. The molecule has 3 atom stereocenters. The number of hydrogen-bond donors (Lipinski definition) is 2. The summed E-state index contributed by atoms with van der Waals surface area (Å²) in [6, 6.07) is 8.51. The van der Waals surface area contributed by atoms with E-state index in [1.807, 2.05) is 0 Å². The van der Waals surface area contributed by atoms with Crippen LogP contribution in [0.3, 0.4) is 0 Å². The van der Waals surface area contributed by atoms with Crippen LogP contribution in [0.4, 0.5) is 0 Å². The number of likely N-dealkylation sites (tertiary alicyclic amines) is 1. The van der Waals surface area contributed by atoms with Crippen LogP contribution in [0.1, 0.15) is 50.2 Å². The van der Waals surface area contributed by atoms with Gasteiger partial charge in [-0.3, -0.25) is 9.59 Å². The van der Waals surface area contributed by atoms with Crippen LogP contribution in [0.5, 0.6) is 0 Å². The zero-order chi connectivity index (χ0) is 19.6. The number of piperidine rings is 1. The Balaban J connectivity index is 1.33. The number of carbonyl (C=O) groups is 2. The third-order valence-electron chi connectivity index (χ3n) is 6.91. The summed E-state index contributed by atoms with van der Waals surface area (Å²) in [7, 11) is 0. The number of fused-ring (bicyclic) bond motifs is 1. The van der Waals surface area contributed by atoms with Gasteiger partial charge >= 0.3 is 0 Å². The lowest BCUT2D eigenvalue weighted by Gasteiger charge is -2.41. The lowest BCUT2D eigenvalue weighted by molar-refractivity contribution is -0.143. The van der Waals surface area contributed by atoms with Gasteiger partial charge in [0.25, 0.3) is 0 Å². The van der Waals surface area contributed by atoms with Crippen molar-refractivity contribution in [3.63, 3.8) is 0 Å². The highest BCUT2D eigenvalue weighted by atomic mass is 16.2. The van der Waals surface area contributed by atoms with Gasteiger partial charge in [0.15, 0.2) is 0 Å². The summed E-state index contributed by atoms with van der Waals surface area (Å²) in [5.41, 5.74) is 2.43. The van der Waals surface area contributed by atoms with Gasteiger partial charge in [0.1, 0.15) is 0 Å². The van der Waals surface area contributed by atoms with E-state index >= 15 is 0 Å². The minimum absolute atomic E-state index is 0.0254. The van der Waals surface area contributed by atoms with Crippen molar-refractivity contribution in [2.24, 2.45) is 11.3 Å². The van der Waals surface area contributed by atoms with Crippen LogP contribution in [0.15, 0.2) is 24.3 Å². The van der Waals surface area contributed by atoms with E-state index < -0.39 is 0 Å². The van der Waals surface area contributed by atoms with Crippen LogP contribution in [-0.4, -0.2) is 48.9 Å². The Bertz CT molecular complexity index is 728. The average Bonchev–Trinajstić information content (AvgIpc) is 3.26. The first-order valence-corrected chi connectivity index (χ1v) is 10.9. The molecule has 3 aliphatic rings. The molecule has 3 unspecified atom stereocenters. The Morgan fingerprint density at radius 3 is 2.82 bits per heavy atom. The Kier molecular flexibility index (Phi) is 5.72. The van der Waals surface area contributed by atoms with E-state index in [0.29, 0.717) is 18.4 Å². The topological polar surface area (TPSA) is 61.4 Å². The second-order valence-electron chi connectivity index (χ2n) is 9.16. The molecule has 5 nitrogen and oxygen atoms in total. The van der Waals surface area contributed by atoms with E-state index in [1.54, 1.807) is 0 Å². The molecule has 2 fully saturated rings. The molecule has 1 aromatic carbocycles. The van der Waals surface area contributed by atoms with E-state index in [2.05, 4.69) is 46.7 Å². The van der Waals surface area contributed by atoms with Gasteiger partial charge in [-0.2, -0.15) is 0 Å². The fraction of sp³-hybridized carbons (Fsp3) is 0.652. The number of amides is 2. The number of carbonyl (C=O) groups excluding carboxylic acids is 2. The average molecular weight is 384 g/mol. The second kappa shape index (κ2) is 8.24. The highest BCUT2D eigenvalue weighted by Crippen LogP contribution is 2.37. The first-order chi connectivity index (χ1) is 13.5. The summed E-state index contributed by atoms with van der Waals surface area (Å²) in [5.74, 6) is 0.787. The molecule has 1 aliphatic carbocycles. The Morgan fingerprint density at radius 2 is 2.04 bits per heavy atom. The van der Waals surface area contributed by atoms with Crippen molar-refractivity contribution in [2.75, 3.05) is 26.2 Å². The zero-order valence-electron chi connectivity index (χ0n) is 17.0. The van der Waals surface area contributed by atoms with Gasteiger partial charge in [0.05, 0.1) is 11.5 Å². The number of hydrogen-bond acceptors (Lipinski definition) is 3. The third kappa shape index (κ3) is 4.09. The molecule has 2 N–H and O–H groups in total. The molecule has 2 aliphatic heterocycles. The molecule has 0 aromatic heterocycles. The summed E-state index contributed by atoms with van der Waals surface area (Å²) in [6.45, 7) is 5.38. The highest BCUT2D eigenvalue weighted by Gasteiger charge is 2.40. The molecule has 0 bridgehead atoms. The number of nitrogens with zero attached hydrogens (tertiary/aromatic N) is 1. The van der Waals surface area contributed by atoms with Crippen LogP contribution in [0, 0.1) is 11.3 Å². The lowest BCUT2D eigenvalue weighted by atomic mass is 9.71. The number of nitrogens with one attached hydrogen (secondary N) is 2. The molecule has 0 radical (unpaired) electrons. The second-order valence-corrected chi connectivity index (χ2v) is 9.16. The number of aryl methyl sites for hydroxylation is 1. The molecule has 2 heterocycles.